The van der Waals surface area contributed by atoms with Crippen LogP contribution in [-0.2, 0) is 10.0 Å². The SMILES string of the molecule is CCN1CCN(c2ccccc2NC(=O)c2cccc(S(=O)(=O)N(C)C)c2)CC1. The number of hydrogen-bond acceptors (Lipinski definition) is 5. The van der Waals surface area contributed by atoms with Crippen LogP contribution in [0, 0.1) is 0 Å². The Hall–Kier alpha value is -2.42. The van der Waals surface area contributed by atoms with Crippen LogP contribution in [0.1, 0.15) is 17.3 Å². The van der Waals surface area contributed by atoms with Crippen LogP contribution in [0.5, 0.6) is 0 Å². The lowest BCUT2D eigenvalue weighted by Crippen LogP contribution is -2.46. The first-order valence-electron chi connectivity index (χ1n) is 9.73. The summed E-state index contributed by atoms with van der Waals surface area (Å²) < 4.78 is 25.9. The Morgan fingerprint density at radius 3 is 2.38 bits per heavy atom. The first kappa shape index (κ1) is 21.3. The van der Waals surface area contributed by atoms with E-state index in [0.29, 0.717) is 5.56 Å². The van der Waals surface area contributed by atoms with Gasteiger partial charge in [0.1, 0.15) is 0 Å². The van der Waals surface area contributed by atoms with Gasteiger partial charge in [-0.2, -0.15) is 0 Å². The summed E-state index contributed by atoms with van der Waals surface area (Å²) in [4.78, 5) is 17.6. The quantitative estimate of drug-likeness (QED) is 0.783. The van der Waals surface area contributed by atoms with Gasteiger partial charge in [-0.05, 0) is 36.9 Å². The third-order valence-electron chi connectivity index (χ3n) is 5.19. The summed E-state index contributed by atoms with van der Waals surface area (Å²) in [5, 5.41) is 2.95. The molecule has 8 heteroatoms. The summed E-state index contributed by atoms with van der Waals surface area (Å²) in [6.45, 7) is 6.98. The zero-order chi connectivity index (χ0) is 21.0. The molecule has 0 bridgehead atoms. The Kier molecular flexibility index (Phi) is 6.56. The molecule has 156 valence electrons. The standard InChI is InChI=1S/C21H28N4O3S/c1-4-24-12-14-25(15-13-24)20-11-6-5-10-19(20)22-21(26)17-8-7-9-18(16-17)29(27,28)23(2)3/h5-11,16H,4,12-15H2,1-3H3,(H,22,26). The minimum Gasteiger partial charge on any atom is -0.367 e. The van der Waals surface area contributed by atoms with Crippen molar-refractivity contribution in [3.63, 3.8) is 0 Å². The van der Waals surface area contributed by atoms with Crippen molar-refractivity contribution in [2.75, 3.05) is 57.0 Å². The van der Waals surface area contributed by atoms with E-state index in [1.165, 1.54) is 26.2 Å². The van der Waals surface area contributed by atoms with Gasteiger partial charge in [-0.3, -0.25) is 4.79 Å². The number of amides is 1. The number of rotatable bonds is 6. The molecular weight excluding hydrogens is 388 g/mol. The first-order chi connectivity index (χ1) is 13.8. The molecule has 1 aliphatic heterocycles. The Morgan fingerprint density at radius 2 is 1.72 bits per heavy atom. The summed E-state index contributed by atoms with van der Waals surface area (Å²) in [5.41, 5.74) is 2.01. The average molecular weight is 417 g/mol. The van der Waals surface area contributed by atoms with Crippen LogP contribution >= 0.6 is 0 Å². The smallest absolute Gasteiger partial charge is 0.255 e. The van der Waals surface area contributed by atoms with Gasteiger partial charge in [0.15, 0.2) is 0 Å². The van der Waals surface area contributed by atoms with E-state index in [0.717, 1.165) is 48.4 Å². The van der Waals surface area contributed by atoms with E-state index in [1.807, 2.05) is 24.3 Å². The molecule has 1 amide bonds. The van der Waals surface area contributed by atoms with Crippen LogP contribution in [0.2, 0.25) is 0 Å². The van der Waals surface area contributed by atoms with Crippen LogP contribution < -0.4 is 10.2 Å². The summed E-state index contributed by atoms with van der Waals surface area (Å²) in [6, 6.07) is 13.8. The normalized spacial score (nSPS) is 15.5. The number of hydrogen-bond donors (Lipinski definition) is 1. The van der Waals surface area contributed by atoms with Crippen LogP contribution in [0.4, 0.5) is 11.4 Å². The van der Waals surface area contributed by atoms with Crippen LogP contribution in [0.15, 0.2) is 53.4 Å². The molecule has 2 aromatic rings. The maximum Gasteiger partial charge on any atom is 0.255 e. The number of nitrogens with one attached hydrogen (secondary N) is 1. The number of benzene rings is 2. The second kappa shape index (κ2) is 8.94. The second-order valence-corrected chi connectivity index (χ2v) is 9.36. The maximum absolute atomic E-state index is 12.9. The highest BCUT2D eigenvalue weighted by Crippen LogP contribution is 2.27. The molecule has 1 N–H and O–H groups in total. The van der Waals surface area contributed by atoms with Gasteiger partial charge in [0.25, 0.3) is 5.91 Å². The molecule has 0 unspecified atom stereocenters. The highest BCUT2D eigenvalue weighted by Gasteiger charge is 2.21. The van der Waals surface area contributed by atoms with E-state index >= 15 is 0 Å². The monoisotopic (exact) mass is 416 g/mol. The van der Waals surface area contributed by atoms with Crippen molar-refractivity contribution in [2.24, 2.45) is 0 Å². The number of likely N-dealkylation sites (N-methyl/N-ethyl adjacent to an activating group) is 1. The molecule has 3 rings (SSSR count). The van der Waals surface area contributed by atoms with E-state index in [4.69, 9.17) is 0 Å². The summed E-state index contributed by atoms with van der Waals surface area (Å²) in [6.07, 6.45) is 0. The van der Waals surface area contributed by atoms with Gasteiger partial charge in [-0.25, -0.2) is 12.7 Å². The van der Waals surface area contributed by atoms with Crippen molar-refractivity contribution in [3.8, 4) is 0 Å². The van der Waals surface area contributed by atoms with Crippen LogP contribution in [0.3, 0.4) is 0 Å². The zero-order valence-electron chi connectivity index (χ0n) is 17.1. The van der Waals surface area contributed by atoms with Crippen molar-refractivity contribution in [3.05, 3.63) is 54.1 Å². The van der Waals surface area contributed by atoms with Gasteiger partial charge in [0.05, 0.1) is 16.3 Å². The average Bonchev–Trinajstić information content (AvgIpc) is 2.74. The molecule has 0 spiro atoms. The number of anilines is 2. The van der Waals surface area contributed by atoms with E-state index < -0.39 is 10.0 Å². The predicted molar refractivity (Wildman–Crippen MR) is 116 cm³/mol. The molecular formula is C21H28N4O3S. The maximum atomic E-state index is 12.9. The fourth-order valence-electron chi connectivity index (χ4n) is 3.36. The van der Waals surface area contributed by atoms with Crippen molar-refractivity contribution < 1.29 is 13.2 Å². The Morgan fingerprint density at radius 1 is 1.03 bits per heavy atom. The second-order valence-electron chi connectivity index (χ2n) is 7.21. The molecule has 1 heterocycles. The molecule has 1 aliphatic rings. The number of carbonyl (C=O) groups is 1. The molecule has 7 nitrogen and oxygen atoms in total. The third kappa shape index (κ3) is 4.77. The van der Waals surface area contributed by atoms with Gasteiger partial charge in [0.2, 0.25) is 10.0 Å². The molecule has 0 radical (unpaired) electrons. The minimum atomic E-state index is -3.60. The van der Waals surface area contributed by atoms with Gasteiger partial charge in [0, 0.05) is 45.8 Å². The number of carbonyl (C=O) groups excluding carboxylic acids is 1. The van der Waals surface area contributed by atoms with Crippen molar-refractivity contribution in [1.82, 2.24) is 9.21 Å². The molecule has 0 saturated carbocycles. The zero-order valence-corrected chi connectivity index (χ0v) is 17.9. The molecule has 0 atom stereocenters. The van der Waals surface area contributed by atoms with E-state index in [1.54, 1.807) is 12.1 Å². The van der Waals surface area contributed by atoms with Crippen molar-refractivity contribution >= 4 is 27.3 Å². The van der Waals surface area contributed by atoms with Gasteiger partial charge < -0.3 is 15.1 Å². The topological polar surface area (TPSA) is 73.0 Å². The third-order valence-corrected chi connectivity index (χ3v) is 7.00. The molecule has 1 fully saturated rings. The highest BCUT2D eigenvalue weighted by atomic mass is 32.2. The van der Waals surface area contributed by atoms with Gasteiger partial charge in [-0.1, -0.05) is 25.1 Å². The largest absolute Gasteiger partial charge is 0.367 e. The number of piperazine rings is 1. The fraction of sp³-hybridized carbons (Fsp3) is 0.381. The summed E-state index contributed by atoms with van der Waals surface area (Å²) in [7, 11) is -0.661. The van der Waals surface area contributed by atoms with Crippen molar-refractivity contribution in [2.45, 2.75) is 11.8 Å². The number of nitrogens with zero attached hydrogens (tertiary/aromatic N) is 3. The van der Waals surface area contributed by atoms with Gasteiger partial charge in [-0.15, -0.1) is 0 Å². The molecule has 0 aliphatic carbocycles. The van der Waals surface area contributed by atoms with Gasteiger partial charge >= 0.3 is 0 Å². The summed E-state index contributed by atoms with van der Waals surface area (Å²) in [5.74, 6) is -0.333. The lowest BCUT2D eigenvalue weighted by Gasteiger charge is -2.36. The van der Waals surface area contributed by atoms with E-state index in [-0.39, 0.29) is 10.8 Å². The summed E-state index contributed by atoms with van der Waals surface area (Å²) >= 11 is 0. The van der Waals surface area contributed by atoms with E-state index in [2.05, 4.69) is 22.0 Å². The predicted octanol–water partition coefficient (Wildman–Crippen LogP) is 2.33. The van der Waals surface area contributed by atoms with Crippen LogP contribution in [-0.4, -0.2) is 70.3 Å². The highest BCUT2D eigenvalue weighted by molar-refractivity contribution is 7.89. The number of para-hydroxylation sites is 2. The Labute approximate surface area is 173 Å². The van der Waals surface area contributed by atoms with Crippen molar-refractivity contribution in [1.29, 1.82) is 0 Å². The Bertz CT molecular complexity index is 967. The molecule has 2 aromatic carbocycles. The molecule has 29 heavy (non-hydrogen) atoms. The van der Waals surface area contributed by atoms with E-state index in [9.17, 15) is 13.2 Å². The van der Waals surface area contributed by atoms with Crippen LogP contribution in [0.25, 0.3) is 0 Å². The lowest BCUT2D eigenvalue weighted by molar-refractivity contribution is 0.102. The minimum absolute atomic E-state index is 0.0964. The Balaban J connectivity index is 1.80. The lowest BCUT2D eigenvalue weighted by atomic mass is 10.1. The number of sulfonamides is 1. The molecule has 0 aromatic heterocycles. The molecule has 1 saturated heterocycles. The fourth-order valence-corrected chi connectivity index (χ4v) is 4.31. The first-order valence-corrected chi connectivity index (χ1v) is 11.2.